The highest BCUT2D eigenvalue weighted by molar-refractivity contribution is 5.68. The number of ether oxygens (including phenoxy) is 2. The summed E-state index contributed by atoms with van der Waals surface area (Å²) in [6, 6.07) is 3.62. The lowest BCUT2D eigenvalue weighted by molar-refractivity contribution is 0.0275. The number of rotatable bonds is 3. The van der Waals surface area contributed by atoms with Crippen LogP contribution in [0.5, 0.6) is 5.88 Å². The van der Waals surface area contributed by atoms with E-state index in [4.69, 9.17) is 9.47 Å². The van der Waals surface area contributed by atoms with Crippen molar-refractivity contribution in [2.24, 2.45) is 0 Å². The molecule has 3 heterocycles. The van der Waals surface area contributed by atoms with Crippen molar-refractivity contribution in [1.82, 2.24) is 25.1 Å². The minimum absolute atomic E-state index is 0.164. The summed E-state index contributed by atoms with van der Waals surface area (Å²) in [5.41, 5.74) is 0.523. The van der Waals surface area contributed by atoms with Crippen LogP contribution in [0.4, 0.5) is 4.79 Å². The van der Waals surface area contributed by atoms with Gasteiger partial charge in [-0.15, -0.1) is 0 Å². The van der Waals surface area contributed by atoms with Gasteiger partial charge >= 0.3 is 11.8 Å². The van der Waals surface area contributed by atoms with Gasteiger partial charge in [-0.1, -0.05) is 0 Å². The molecule has 0 saturated carbocycles. The predicted molar refractivity (Wildman–Crippen MR) is 94.0 cm³/mol. The number of aromatic amines is 2. The van der Waals surface area contributed by atoms with E-state index in [1.165, 1.54) is 0 Å². The Balaban J connectivity index is 1.67. The molecular weight excluding hydrogens is 338 g/mol. The molecule has 1 atom stereocenters. The Bertz CT molecular complexity index is 851. The van der Waals surface area contributed by atoms with Crippen LogP contribution in [0.1, 0.15) is 32.8 Å². The zero-order valence-electron chi connectivity index (χ0n) is 15.3. The molecule has 3 rings (SSSR count). The first-order valence-electron chi connectivity index (χ1n) is 8.48. The average molecular weight is 361 g/mol. The number of nitrogens with one attached hydrogen (secondary N) is 2. The van der Waals surface area contributed by atoms with Gasteiger partial charge in [-0.05, 0) is 39.3 Å². The minimum Gasteiger partial charge on any atom is -0.472 e. The number of nitrogens with zero attached hydrogens (tertiary/aromatic N) is 3. The molecule has 1 fully saturated rings. The van der Waals surface area contributed by atoms with E-state index in [9.17, 15) is 9.59 Å². The zero-order chi connectivity index (χ0) is 18.9. The summed E-state index contributed by atoms with van der Waals surface area (Å²) in [6.07, 6.45) is 0.196. The molecule has 9 heteroatoms. The maximum absolute atomic E-state index is 12.1. The van der Waals surface area contributed by atoms with Crippen LogP contribution in [-0.4, -0.2) is 56.0 Å². The number of carbonyl (C=O) groups excluding carboxylic acids is 1. The Hall–Kier alpha value is -2.84. The van der Waals surface area contributed by atoms with Crippen molar-refractivity contribution in [1.29, 1.82) is 0 Å². The van der Waals surface area contributed by atoms with Crippen molar-refractivity contribution in [2.45, 2.75) is 45.8 Å². The number of likely N-dealkylation sites (tertiary alicyclic amines) is 1. The Kier molecular flexibility index (Phi) is 4.71. The molecule has 1 aliphatic heterocycles. The molecule has 1 aliphatic rings. The molecule has 26 heavy (non-hydrogen) atoms. The highest BCUT2D eigenvalue weighted by atomic mass is 16.6. The summed E-state index contributed by atoms with van der Waals surface area (Å²) < 4.78 is 11.3. The van der Waals surface area contributed by atoms with Gasteiger partial charge in [-0.25, -0.2) is 19.7 Å². The van der Waals surface area contributed by atoms with Gasteiger partial charge in [0.2, 0.25) is 5.88 Å². The summed E-state index contributed by atoms with van der Waals surface area (Å²) in [6.45, 7) is 8.44. The molecule has 0 spiro atoms. The van der Waals surface area contributed by atoms with Gasteiger partial charge in [-0.2, -0.15) is 5.10 Å². The fourth-order valence-electron chi connectivity index (χ4n) is 2.70. The first-order chi connectivity index (χ1) is 12.2. The number of H-pyrrole nitrogens is 2. The standard InChI is InChI=1S/C17H23N5O4/c1-10-7-12(14-19-15(23)21-20-14)18-13(8-10)25-11-5-6-22(9-11)16(24)26-17(2,3)4/h7-8,11H,5-6,9H2,1-4H3,(H2,19,20,21,23)/t11-/m0/s1. The van der Waals surface area contributed by atoms with Gasteiger partial charge in [0.1, 0.15) is 17.4 Å². The summed E-state index contributed by atoms with van der Waals surface area (Å²) in [5, 5.41) is 6.20. The topological polar surface area (TPSA) is 113 Å². The van der Waals surface area contributed by atoms with Crippen molar-refractivity contribution in [3.63, 3.8) is 0 Å². The first kappa shape index (κ1) is 18.0. The Labute approximate surface area is 150 Å². The molecule has 0 unspecified atom stereocenters. The number of amides is 1. The normalized spacial score (nSPS) is 17.4. The lowest BCUT2D eigenvalue weighted by Gasteiger charge is -2.24. The minimum atomic E-state index is -0.524. The largest absolute Gasteiger partial charge is 0.472 e. The van der Waals surface area contributed by atoms with Crippen molar-refractivity contribution in [2.75, 3.05) is 13.1 Å². The number of aryl methyl sites for hydroxylation is 1. The molecular formula is C17H23N5O4. The molecule has 0 radical (unpaired) electrons. The van der Waals surface area contributed by atoms with Crippen molar-refractivity contribution in [3.05, 3.63) is 28.2 Å². The van der Waals surface area contributed by atoms with Crippen LogP contribution < -0.4 is 10.4 Å². The van der Waals surface area contributed by atoms with E-state index in [-0.39, 0.29) is 12.2 Å². The number of carbonyl (C=O) groups is 1. The van der Waals surface area contributed by atoms with E-state index in [2.05, 4.69) is 20.2 Å². The van der Waals surface area contributed by atoms with Crippen LogP contribution in [0, 0.1) is 6.92 Å². The summed E-state index contributed by atoms with van der Waals surface area (Å²) in [7, 11) is 0. The Morgan fingerprint density at radius 3 is 2.77 bits per heavy atom. The molecule has 2 N–H and O–H groups in total. The van der Waals surface area contributed by atoms with Gasteiger partial charge in [0.05, 0.1) is 6.54 Å². The molecule has 2 aromatic rings. The highest BCUT2D eigenvalue weighted by Crippen LogP contribution is 2.22. The van der Waals surface area contributed by atoms with E-state index >= 15 is 0 Å². The summed E-state index contributed by atoms with van der Waals surface area (Å²) in [5.74, 6) is 0.783. The van der Waals surface area contributed by atoms with Crippen molar-refractivity contribution >= 4 is 6.09 Å². The van der Waals surface area contributed by atoms with E-state index in [1.54, 1.807) is 11.0 Å². The van der Waals surface area contributed by atoms with Gasteiger partial charge in [-0.3, -0.25) is 4.98 Å². The zero-order valence-corrected chi connectivity index (χ0v) is 15.3. The van der Waals surface area contributed by atoms with E-state index in [0.29, 0.717) is 36.9 Å². The highest BCUT2D eigenvalue weighted by Gasteiger charge is 2.31. The van der Waals surface area contributed by atoms with Gasteiger partial charge in [0.25, 0.3) is 0 Å². The quantitative estimate of drug-likeness (QED) is 0.863. The number of hydrogen-bond acceptors (Lipinski definition) is 6. The van der Waals surface area contributed by atoms with Gasteiger partial charge in [0.15, 0.2) is 5.82 Å². The Morgan fingerprint density at radius 2 is 2.12 bits per heavy atom. The molecule has 9 nitrogen and oxygen atoms in total. The maximum Gasteiger partial charge on any atom is 0.410 e. The van der Waals surface area contributed by atoms with Crippen LogP contribution in [0.2, 0.25) is 0 Å². The molecule has 140 valence electrons. The third-order valence-corrected chi connectivity index (χ3v) is 3.77. The van der Waals surface area contributed by atoms with Crippen LogP contribution in [-0.2, 0) is 4.74 Å². The fraction of sp³-hybridized carbons (Fsp3) is 0.529. The Morgan fingerprint density at radius 1 is 1.35 bits per heavy atom. The van der Waals surface area contributed by atoms with Crippen LogP contribution in [0.25, 0.3) is 11.5 Å². The second-order valence-electron chi connectivity index (χ2n) is 7.35. The lowest BCUT2D eigenvalue weighted by atomic mass is 10.2. The van der Waals surface area contributed by atoms with E-state index in [1.807, 2.05) is 33.8 Å². The molecule has 0 aliphatic carbocycles. The third kappa shape index (κ3) is 4.41. The molecule has 2 aromatic heterocycles. The second-order valence-corrected chi connectivity index (χ2v) is 7.35. The van der Waals surface area contributed by atoms with Crippen LogP contribution in [0.3, 0.4) is 0 Å². The predicted octanol–water partition coefficient (Wildman–Crippen LogP) is 1.86. The SMILES string of the molecule is Cc1cc(O[C@H]2CCN(C(=O)OC(C)(C)C)C2)nc(-c2n[nH]c(=O)[nH]2)c1. The lowest BCUT2D eigenvalue weighted by Crippen LogP contribution is -2.36. The average Bonchev–Trinajstić information content (AvgIpc) is 3.14. The maximum atomic E-state index is 12.1. The van der Waals surface area contributed by atoms with Crippen LogP contribution >= 0.6 is 0 Å². The first-order valence-corrected chi connectivity index (χ1v) is 8.48. The van der Waals surface area contributed by atoms with Gasteiger partial charge < -0.3 is 14.4 Å². The van der Waals surface area contributed by atoms with Crippen LogP contribution in [0.15, 0.2) is 16.9 Å². The summed E-state index contributed by atoms with van der Waals surface area (Å²) >= 11 is 0. The molecule has 0 bridgehead atoms. The number of aromatic nitrogens is 4. The number of hydrogen-bond donors (Lipinski definition) is 2. The molecule has 0 aromatic carbocycles. The van der Waals surface area contributed by atoms with Crippen molar-refractivity contribution in [3.8, 4) is 17.4 Å². The number of pyridine rings is 1. The molecule has 1 saturated heterocycles. The monoisotopic (exact) mass is 361 g/mol. The molecule has 1 amide bonds. The fourth-order valence-corrected chi connectivity index (χ4v) is 2.70. The third-order valence-electron chi connectivity index (χ3n) is 3.77. The second kappa shape index (κ2) is 6.81. The summed E-state index contributed by atoms with van der Waals surface area (Å²) in [4.78, 5) is 32.0. The van der Waals surface area contributed by atoms with E-state index in [0.717, 1.165) is 5.56 Å². The van der Waals surface area contributed by atoms with Crippen molar-refractivity contribution < 1.29 is 14.3 Å². The van der Waals surface area contributed by atoms with Gasteiger partial charge in [0, 0.05) is 19.0 Å². The smallest absolute Gasteiger partial charge is 0.410 e. The van der Waals surface area contributed by atoms with E-state index < -0.39 is 11.3 Å².